The van der Waals surface area contributed by atoms with E-state index in [1.165, 1.54) is 5.56 Å². The smallest absolute Gasteiger partial charge is 0.246 e. The van der Waals surface area contributed by atoms with E-state index in [4.69, 9.17) is 9.47 Å². The van der Waals surface area contributed by atoms with Crippen LogP contribution in [0.3, 0.4) is 0 Å². The van der Waals surface area contributed by atoms with Crippen LogP contribution in [0.2, 0.25) is 0 Å². The molecule has 2 fully saturated rings. The van der Waals surface area contributed by atoms with Crippen LogP contribution in [0.5, 0.6) is 17.2 Å². The molecule has 1 saturated carbocycles. The Labute approximate surface area is 219 Å². The summed E-state index contributed by atoms with van der Waals surface area (Å²) in [5.74, 6) is 2.01. The molecule has 2 aliphatic heterocycles. The van der Waals surface area contributed by atoms with Crippen molar-refractivity contribution in [2.75, 3.05) is 27.2 Å². The first kappa shape index (κ1) is 24.1. The first-order chi connectivity index (χ1) is 17.9. The summed E-state index contributed by atoms with van der Waals surface area (Å²) >= 11 is 0. The van der Waals surface area contributed by atoms with Crippen molar-refractivity contribution in [1.82, 2.24) is 9.80 Å². The van der Waals surface area contributed by atoms with Gasteiger partial charge in [-0.15, -0.1) is 6.58 Å². The Hall–Kier alpha value is -3.25. The maximum Gasteiger partial charge on any atom is 0.246 e. The van der Waals surface area contributed by atoms with Gasteiger partial charge < -0.3 is 19.5 Å². The molecule has 2 bridgehead atoms. The predicted octanol–water partition coefficient (Wildman–Crippen LogP) is 4.47. The first-order valence-corrected chi connectivity index (χ1v) is 13.4. The van der Waals surface area contributed by atoms with Crippen LogP contribution in [0, 0.1) is 12.8 Å². The van der Waals surface area contributed by atoms with Crippen LogP contribution < -0.4 is 9.47 Å². The lowest BCUT2D eigenvalue weighted by atomic mass is 9.51. The van der Waals surface area contributed by atoms with Gasteiger partial charge in [0.25, 0.3) is 0 Å². The summed E-state index contributed by atoms with van der Waals surface area (Å²) in [5.41, 5.74) is 4.06. The molecule has 2 heterocycles. The minimum atomic E-state index is -0.241. The molecule has 37 heavy (non-hydrogen) atoms. The maximum absolute atomic E-state index is 13.4. The highest BCUT2D eigenvalue weighted by Crippen LogP contribution is 2.65. The summed E-state index contributed by atoms with van der Waals surface area (Å²) in [4.78, 5) is 17.8. The third-order valence-corrected chi connectivity index (χ3v) is 9.38. The molecule has 6 nitrogen and oxygen atoms in total. The lowest BCUT2D eigenvalue weighted by molar-refractivity contribution is -0.135. The van der Waals surface area contributed by atoms with Crippen LogP contribution >= 0.6 is 0 Å². The number of benzene rings is 2. The van der Waals surface area contributed by atoms with E-state index in [9.17, 15) is 9.90 Å². The molecule has 0 aromatic heterocycles. The van der Waals surface area contributed by atoms with Gasteiger partial charge in [-0.2, -0.15) is 0 Å². The minimum Gasteiger partial charge on any atom is -0.508 e. The predicted molar refractivity (Wildman–Crippen MR) is 144 cm³/mol. The van der Waals surface area contributed by atoms with Crippen molar-refractivity contribution >= 4 is 12.0 Å². The summed E-state index contributed by atoms with van der Waals surface area (Å²) in [5, 5.41) is 11.1. The van der Waals surface area contributed by atoms with Crippen molar-refractivity contribution in [3.05, 3.63) is 71.3 Å². The second-order valence-corrected chi connectivity index (χ2v) is 11.1. The van der Waals surface area contributed by atoms with Gasteiger partial charge in [0.15, 0.2) is 11.5 Å². The number of ether oxygens (including phenoxy) is 2. The molecule has 5 atom stereocenters. The number of likely N-dealkylation sites (tertiary alicyclic amines) is 1. The summed E-state index contributed by atoms with van der Waals surface area (Å²) < 4.78 is 12.5. The number of aryl methyl sites for hydroxylation is 1. The summed E-state index contributed by atoms with van der Waals surface area (Å²) in [7, 11) is 3.53. The van der Waals surface area contributed by atoms with Gasteiger partial charge in [0.05, 0.1) is 13.2 Å². The molecule has 1 spiro atoms. The minimum absolute atomic E-state index is 0.0209. The van der Waals surface area contributed by atoms with E-state index >= 15 is 0 Å². The molecule has 4 aliphatic rings. The molecule has 194 valence electrons. The second kappa shape index (κ2) is 8.95. The normalized spacial score (nSPS) is 29.5. The van der Waals surface area contributed by atoms with Crippen molar-refractivity contribution in [1.29, 1.82) is 0 Å². The summed E-state index contributed by atoms with van der Waals surface area (Å²) in [6.07, 6.45) is 8.99. The molecule has 6 rings (SSSR count). The van der Waals surface area contributed by atoms with Crippen molar-refractivity contribution in [2.24, 2.45) is 5.92 Å². The standard InChI is InChI=1S/C31H36N2O4/c1-5-14-33-15-13-31-22-10-11-23(32(3)27(35)12-9-20-8-6-7-19(2)16-20)30(31)37-29-26(36-4)18-25(34)21(28(29)31)17-24(22)33/h5-9,12,16,18,22-24,30,34H,1,10-11,13-15,17H2,2-4H3/t22-,23-,24+,30-,31-/m0/s1. The fraction of sp³-hybridized carbons (Fsp3) is 0.452. The fourth-order valence-corrected chi connectivity index (χ4v) is 7.81. The van der Waals surface area contributed by atoms with Crippen LogP contribution in [0.1, 0.15) is 41.5 Å². The van der Waals surface area contributed by atoms with E-state index in [2.05, 4.69) is 30.5 Å². The molecular formula is C31H36N2O4. The van der Waals surface area contributed by atoms with Crippen LogP contribution in [0.15, 0.2) is 49.1 Å². The number of carbonyl (C=O) groups is 1. The van der Waals surface area contributed by atoms with Crippen LogP contribution in [0.25, 0.3) is 6.08 Å². The van der Waals surface area contributed by atoms with Gasteiger partial charge in [-0.05, 0) is 56.7 Å². The van der Waals surface area contributed by atoms with Gasteiger partial charge in [0.1, 0.15) is 11.9 Å². The molecule has 1 saturated heterocycles. The van der Waals surface area contributed by atoms with E-state index in [0.717, 1.165) is 61.2 Å². The quantitative estimate of drug-likeness (QED) is 0.468. The number of phenols is 1. The molecule has 2 aliphatic carbocycles. The van der Waals surface area contributed by atoms with E-state index < -0.39 is 0 Å². The summed E-state index contributed by atoms with van der Waals surface area (Å²) in [6.45, 7) is 7.83. The highest BCUT2D eigenvalue weighted by molar-refractivity contribution is 5.92. The number of methoxy groups -OCH3 is 1. The molecular weight excluding hydrogens is 464 g/mol. The van der Waals surface area contributed by atoms with Crippen molar-refractivity contribution in [2.45, 2.75) is 56.2 Å². The number of carbonyl (C=O) groups excluding carboxylic acids is 1. The van der Waals surface area contributed by atoms with Gasteiger partial charge in [0.2, 0.25) is 5.91 Å². The number of piperidine rings is 1. The highest BCUT2D eigenvalue weighted by atomic mass is 16.5. The zero-order valence-corrected chi connectivity index (χ0v) is 21.9. The SMILES string of the molecule is C=CCN1CC[C@]23c4c5c(O)cc(OC)c4O[C@H]2[C@@H](N(C)C(=O)C=Cc2cccc(C)c2)CC[C@H]3[C@H]1C5. The molecule has 6 heteroatoms. The first-order valence-electron chi connectivity index (χ1n) is 13.4. The third-order valence-electron chi connectivity index (χ3n) is 9.38. The zero-order valence-electron chi connectivity index (χ0n) is 21.9. The van der Waals surface area contributed by atoms with Gasteiger partial charge in [-0.1, -0.05) is 35.9 Å². The van der Waals surface area contributed by atoms with E-state index in [-0.39, 0.29) is 29.2 Å². The van der Waals surface area contributed by atoms with E-state index in [1.54, 1.807) is 19.3 Å². The Morgan fingerprint density at radius 1 is 1.35 bits per heavy atom. The van der Waals surface area contributed by atoms with E-state index in [1.807, 2.05) is 36.2 Å². The Morgan fingerprint density at radius 2 is 2.19 bits per heavy atom. The van der Waals surface area contributed by atoms with Crippen molar-refractivity contribution in [3.63, 3.8) is 0 Å². The second-order valence-electron chi connectivity index (χ2n) is 11.1. The number of phenolic OH excluding ortho intramolecular Hbond substituents is 1. The monoisotopic (exact) mass is 500 g/mol. The van der Waals surface area contributed by atoms with Crippen LogP contribution in [-0.2, 0) is 16.6 Å². The molecule has 0 radical (unpaired) electrons. The average Bonchev–Trinajstić information content (AvgIpc) is 3.23. The average molecular weight is 501 g/mol. The van der Waals surface area contributed by atoms with Crippen LogP contribution in [-0.4, -0.2) is 66.2 Å². The Kier molecular flexibility index (Phi) is 5.83. The van der Waals surface area contributed by atoms with E-state index in [0.29, 0.717) is 17.7 Å². The number of hydrogen-bond acceptors (Lipinski definition) is 5. The van der Waals surface area contributed by atoms with Crippen LogP contribution in [0.4, 0.5) is 0 Å². The lowest BCUT2D eigenvalue weighted by Crippen LogP contribution is -2.68. The highest BCUT2D eigenvalue weighted by Gasteiger charge is 2.66. The number of likely N-dealkylation sites (N-methyl/N-ethyl adjacent to an activating group) is 1. The Morgan fingerprint density at radius 3 is 2.95 bits per heavy atom. The topological polar surface area (TPSA) is 62.2 Å². The Balaban J connectivity index is 1.38. The van der Waals surface area contributed by atoms with Gasteiger partial charge in [0, 0.05) is 48.3 Å². The maximum atomic E-state index is 13.4. The van der Waals surface area contributed by atoms with Gasteiger partial charge in [-0.25, -0.2) is 0 Å². The zero-order chi connectivity index (χ0) is 25.9. The molecule has 1 N–H and O–H groups in total. The molecule has 0 unspecified atom stereocenters. The molecule has 2 aromatic carbocycles. The summed E-state index contributed by atoms with van der Waals surface area (Å²) in [6, 6.07) is 10.1. The van der Waals surface area contributed by atoms with Gasteiger partial charge >= 0.3 is 0 Å². The van der Waals surface area contributed by atoms with Gasteiger partial charge in [-0.3, -0.25) is 9.69 Å². The lowest BCUT2D eigenvalue weighted by Gasteiger charge is -2.60. The molecule has 1 amide bonds. The van der Waals surface area contributed by atoms with Crippen molar-refractivity contribution in [3.8, 4) is 17.2 Å². The van der Waals surface area contributed by atoms with Crippen molar-refractivity contribution < 1.29 is 19.4 Å². The third kappa shape index (κ3) is 3.52. The molecule has 2 aromatic rings. The number of nitrogens with zero attached hydrogens (tertiary/aromatic N) is 2. The largest absolute Gasteiger partial charge is 0.508 e. The fourth-order valence-electron chi connectivity index (χ4n) is 7.81. The number of hydrogen-bond donors (Lipinski definition) is 1. The number of rotatable bonds is 6. The number of aromatic hydroxyl groups is 1. The Bertz CT molecular complexity index is 1290. The number of amides is 1.